The molecule has 3 nitrogen and oxygen atoms in total. The van der Waals surface area contributed by atoms with Crippen molar-refractivity contribution in [2.45, 2.75) is 19.1 Å². The summed E-state index contributed by atoms with van der Waals surface area (Å²) >= 11 is 3.01. The molecule has 1 fully saturated rings. The van der Waals surface area contributed by atoms with E-state index in [4.69, 9.17) is 0 Å². The maximum Gasteiger partial charge on any atom is 0.417 e. The number of carbonyl (C=O) groups excluding carboxylic acids is 1. The molecule has 1 heterocycles. The lowest BCUT2D eigenvalue weighted by molar-refractivity contribution is -0.138. The third kappa shape index (κ3) is 4.34. The van der Waals surface area contributed by atoms with Crippen LogP contribution in [0.15, 0.2) is 22.7 Å². The van der Waals surface area contributed by atoms with Crippen LogP contribution in [0.2, 0.25) is 0 Å². The predicted molar refractivity (Wildman–Crippen MR) is 79.8 cm³/mol. The molecule has 1 aliphatic rings. The summed E-state index contributed by atoms with van der Waals surface area (Å²) in [5, 5.41) is 3.15. The number of alkyl halides is 3. The minimum absolute atomic E-state index is 0. The summed E-state index contributed by atoms with van der Waals surface area (Å²) in [5.74, 6) is -0.571. The van der Waals surface area contributed by atoms with Gasteiger partial charge in [0.05, 0.1) is 11.1 Å². The molecule has 0 aromatic heterocycles. The largest absolute Gasteiger partial charge is 0.417 e. The fraction of sp³-hybridized carbons (Fsp3) is 0.462. The maximum atomic E-state index is 13.0. The summed E-state index contributed by atoms with van der Waals surface area (Å²) in [6.45, 7) is 3.30. The number of hydrogen-bond donors (Lipinski definition) is 1. The summed E-state index contributed by atoms with van der Waals surface area (Å²) < 4.78 is 39.4. The SMILES string of the molecule is C[C@H]1CN(C(=O)c2ccc(Br)cc2C(F)(F)F)CCN1.Cl. The standard InChI is InChI=1S/C13H14BrF3N2O.ClH/c1-8-7-19(5-4-18-8)12(20)10-3-2-9(14)6-11(10)13(15,16)17;/h2-3,6,8,18H,4-5,7H2,1H3;1H/t8-;/m0./s1. The molecule has 0 saturated carbocycles. The zero-order valence-corrected chi connectivity index (χ0v) is 13.6. The van der Waals surface area contributed by atoms with E-state index in [1.54, 1.807) is 0 Å². The Morgan fingerprint density at radius 2 is 2.10 bits per heavy atom. The van der Waals surface area contributed by atoms with Gasteiger partial charge in [0.15, 0.2) is 0 Å². The molecule has 0 bridgehead atoms. The Labute approximate surface area is 135 Å². The quantitative estimate of drug-likeness (QED) is 0.802. The van der Waals surface area contributed by atoms with Crippen molar-refractivity contribution < 1.29 is 18.0 Å². The van der Waals surface area contributed by atoms with Gasteiger partial charge in [0.25, 0.3) is 5.91 Å². The van der Waals surface area contributed by atoms with Crippen LogP contribution >= 0.6 is 28.3 Å². The van der Waals surface area contributed by atoms with Crippen molar-refractivity contribution in [2.24, 2.45) is 0 Å². The first-order valence-electron chi connectivity index (χ1n) is 6.18. The van der Waals surface area contributed by atoms with Crippen molar-refractivity contribution in [1.29, 1.82) is 0 Å². The van der Waals surface area contributed by atoms with Crippen molar-refractivity contribution in [3.63, 3.8) is 0 Å². The molecule has 21 heavy (non-hydrogen) atoms. The van der Waals surface area contributed by atoms with Gasteiger partial charge in [0, 0.05) is 30.1 Å². The second kappa shape index (κ2) is 6.98. The van der Waals surface area contributed by atoms with Crippen LogP contribution in [-0.4, -0.2) is 36.5 Å². The Hall–Kier alpha value is -0.790. The van der Waals surface area contributed by atoms with Crippen LogP contribution in [0.1, 0.15) is 22.8 Å². The lowest BCUT2D eigenvalue weighted by atomic mass is 10.0. The molecule has 8 heteroatoms. The second-order valence-corrected chi connectivity index (χ2v) is 5.71. The smallest absolute Gasteiger partial charge is 0.336 e. The van der Waals surface area contributed by atoms with Crippen molar-refractivity contribution in [3.8, 4) is 0 Å². The molecule has 1 N–H and O–H groups in total. The molecular formula is C13H15BrClF3N2O. The van der Waals surface area contributed by atoms with Crippen molar-refractivity contribution in [2.75, 3.05) is 19.6 Å². The molecule has 1 aliphatic heterocycles. The van der Waals surface area contributed by atoms with Gasteiger partial charge in [-0.1, -0.05) is 15.9 Å². The molecule has 1 amide bonds. The van der Waals surface area contributed by atoms with Gasteiger partial charge in [0.2, 0.25) is 0 Å². The Morgan fingerprint density at radius 3 is 2.67 bits per heavy atom. The zero-order valence-electron chi connectivity index (χ0n) is 11.2. The number of rotatable bonds is 1. The number of hydrogen-bond acceptors (Lipinski definition) is 2. The predicted octanol–water partition coefficient (Wildman–Crippen LogP) is 3.32. The normalized spacial score (nSPS) is 19.1. The van der Waals surface area contributed by atoms with Crippen LogP contribution in [0, 0.1) is 0 Å². The molecule has 118 valence electrons. The van der Waals surface area contributed by atoms with E-state index in [2.05, 4.69) is 21.2 Å². The zero-order chi connectivity index (χ0) is 14.9. The Bertz CT molecular complexity index is 525. The second-order valence-electron chi connectivity index (χ2n) is 4.79. The summed E-state index contributed by atoms with van der Waals surface area (Å²) in [4.78, 5) is 13.8. The number of benzene rings is 1. The van der Waals surface area contributed by atoms with E-state index < -0.39 is 17.6 Å². The molecule has 1 aromatic carbocycles. The van der Waals surface area contributed by atoms with Crippen LogP contribution in [0.5, 0.6) is 0 Å². The number of carbonyl (C=O) groups is 1. The topological polar surface area (TPSA) is 32.3 Å². The molecular weight excluding hydrogens is 373 g/mol. The van der Waals surface area contributed by atoms with Gasteiger partial charge in [-0.25, -0.2) is 0 Å². The molecule has 1 atom stereocenters. The van der Waals surface area contributed by atoms with Crippen molar-refractivity contribution >= 4 is 34.2 Å². The summed E-state index contributed by atoms with van der Waals surface area (Å²) in [7, 11) is 0. The first kappa shape index (κ1) is 18.3. The van der Waals surface area contributed by atoms with Crippen LogP contribution in [0.4, 0.5) is 13.2 Å². The minimum Gasteiger partial charge on any atom is -0.336 e. The average Bonchev–Trinajstić information content (AvgIpc) is 2.37. The van der Waals surface area contributed by atoms with Crippen LogP contribution < -0.4 is 5.32 Å². The lowest BCUT2D eigenvalue weighted by Crippen LogP contribution is -2.51. The van der Waals surface area contributed by atoms with Gasteiger partial charge in [-0.3, -0.25) is 4.79 Å². The first-order chi connectivity index (χ1) is 9.29. The van der Waals surface area contributed by atoms with Crippen LogP contribution in [0.25, 0.3) is 0 Å². The van der Waals surface area contributed by atoms with Crippen LogP contribution in [0.3, 0.4) is 0 Å². The third-order valence-electron chi connectivity index (χ3n) is 3.17. The summed E-state index contributed by atoms with van der Waals surface area (Å²) in [6.07, 6.45) is -4.55. The average molecular weight is 388 g/mol. The highest BCUT2D eigenvalue weighted by molar-refractivity contribution is 9.10. The van der Waals surface area contributed by atoms with E-state index in [9.17, 15) is 18.0 Å². The van der Waals surface area contributed by atoms with Gasteiger partial charge in [0.1, 0.15) is 0 Å². The van der Waals surface area contributed by atoms with Crippen LogP contribution in [-0.2, 0) is 6.18 Å². The fourth-order valence-electron chi connectivity index (χ4n) is 2.22. The monoisotopic (exact) mass is 386 g/mol. The van der Waals surface area contributed by atoms with E-state index in [-0.39, 0.29) is 24.0 Å². The summed E-state index contributed by atoms with van der Waals surface area (Å²) in [5.41, 5.74) is -1.20. The van der Waals surface area contributed by atoms with E-state index in [0.29, 0.717) is 24.1 Å². The number of halogens is 5. The minimum atomic E-state index is -4.55. The van der Waals surface area contributed by atoms with Crippen molar-refractivity contribution in [1.82, 2.24) is 10.2 Å². The Kier molecular flexibility index (Phi) is 6.07. The first-order valence-corrected chi connectivity index (χ1v) is 6.97. The number of nitrogens with one attached hydrogen (secondary N) is 1. The maximum absolute atomic E-state index is 13.0. The number of piperazine rings is 1. The number of nitrogens with zero attached hydrogens (tertiary/aromatic N) is 1. The number of amides is 1. The molecule has 1 saturated heterocycles. The van der Waals surface area contributed by atoms with E-state index >= 15 is 0 Å². The fourth-order valence-corrected chi connectivity index (χ4v) is 2.59. The molecule has 0 aliphatic carbocycles. The van der Waals surface area contributed by atoms with Gasteiger partial charge in [-0.05, 0) is 25.1 Å². The van der Waals surface area contributed by atoms with Gasteiger partial charge < -0.3 is 10.2 Å². The highest BCUT2D eigenvalue weighted by Gasteiger charge is 2.36. The van der Waals surface area contributed by atoms with Gasteiger partial charge in [-0.15, -0.1) is 12.4 Å². The van der Waals surface area contributed by atoms with Crippen molar-refractivity contribution in [3.05, 3.63) is 33.8 Å². The van der Waals surface area contributed by atoms with Gasteiger partial charge in [-0.2, -0.15) is 13.2 Å². The summed E-state index contributed by atoms with van der Waals surface area (Å²) in [6, 6.07) is 3.70. The van der Waals surface area contributed by atoms with E-state index in [1.165, 1.54) is 17.0 Å². The van der Waals surface area contributed by atoms with E-state index in [0.717, 1.165) is 6.07 Å². The molecule has 0 unspecified atom stereocenters. The molecule has 2 rings (SSSR count). The lowest BCUT2D eigenvalue weighted by Gasteiger charge is -2.32. The Balaban J connectivity index is 0.00000220. The van der Waals surface area contributed by atoms with E-state index in [1.807, 2.05) is 6.92 Å². The Morgan fingerprint density at radius 1 is 1.43 bits per heavy atom. The van der Waals surface area contributed by atoms with Gasteiger partial charge >= 0.3 is 6.18 Å². The third-order valence-corrected chi connectivity index (χ3v) is 3.67. The molecule has 1 aromatic rings. The molecule has 0 spiro atoms. The highest BCUT2D eigenvalue weighted by atomic mass is 79.9. The molecule has 0 radical (unpaired) electrons. The highest BCUT2D eigenvalue weighted by Crippen LogP contribution is 2.34.